The fourth-order valence-electron chi connectivity index (χ4n) is 2.62. The minimum absolute atomic E-state index is 0.00477. The van der Waals surface area contributed by atoms with Gasteiger partial charge in [-0.2, -0.15) is 0 Å². The molecule has 0 radical (unpaired) electrons. The van der Waals surface area contributed by atoms with Crippen LogP contribution in [0.5, 0.6) is 0 Å². The number of carbonyl (C=O) groups excluding carboxylic acids is 1. The van der Waals surface area contributed by atoms with E-state index < -0.39 is 35.7 Å². The molecule has 9 heteroatoms. The van der Waals surface area contributed by atoms with Crippen molar-refractivity contribution < 1.29 is 43.9 Å². The maximum absolute atomic E-state index is 12.0. The van der Waals surface area contributed by atoms with E-state index in [0.29, 0.717) is 13.2 Å². The topological polar surface area (TPSA) is 140 Å². The van der Waals surface area contributed by atoms with Crippen LogP contribution in [0.4, 0.5) is 0 Å². The van der Waals surface area contributed by atoms with Gasteiger partial charge in [0.15, 0.2) is 0 Å². The molecule has 24 heavy (non-hydrogen) atoms. The zero-order valence-corrected chi connectivity index (χ0v) is 13.4. The number of rotatable bonds is 11. The Bertz CT molecular complexity index is 401. The normalized spacial score (nSPS) is 23.6. The van der Waals surface area contributed by atoms with Crippen LogP contribution in [0.3, 0.4) is 0 Å². The first kappa shape index (κ1) is 20.3. The first-order valence-corrected chi connectivity index (χ1v) is 7.84. The maximum atomic E-state index is 12.0. The van der Waals surface area contributed by atoms with E-state index in [1.54, 1.807) is 0 Å². The van der Waals surface area contributed by atoms with Crippen molar-refractivity contribution >= 4 is 17.9 Å². The fourth-order valence-corrected chi connectivity index (χ4v) is 2.62. The van der Waals surface area contributed by atoms with Gasteiger partial charge >= 0.3 is 17.9 Å². The van der Waals surface area contributed by atoms with Crippen LogP contribution in [0.15, 0.2) is 0 Å². The lowest BCUT2D eigenvalue weighted by molar-refractivity contribution is -0.157. The molecule has 0 spiro atoms. The second-order valence-electron chi connectivity index (χ2n) is 5.59. The third kappa shape index (κ3) is 7.24. The predicted molar refractivity (Wildman–Crippen MR) is 79.3 cm³/mol. The number of hydrogen-bond donors (Lipinski definition) is 3. The summed E-state index contributed by atoms with van der Waals surface area (Å²) in [5.41, 5.74) is 0. The molecule has 0 aromatic carbocycles. The summed E-state index contributed by atoms with van der Waals surface area (Å²) in [6.45, 7) is 0.945. The van der Waals surface area contributed by atoms with Crippen LogP contribution in [0, 0.1) is 17.8 Å². The summed E-state index contributed by atoms with van der Waals surface area (Å²) in [5, 5.41) is 26.7. The zero-order valence-electron chi connectivity index (χ0n) is 13.4. The van der Waals surface area contributed by atoms with Crippen LogP contribution < -0.4 is 0 Å². The Morgan fingerprint density at radius 3 is 1.71 bits per heavy atom. The fraction of sp³-hybridized carbons (Fsp3) is 0.800. The summed E-state index contributed by atoms with van der Waals surface area (Å²) < 4.78 is 15.2. The summed E-state index contributed by atoms with van der Waals surface area (Å²) >= 11 is 0. The number of aliphatic carboxylic acids is 2. The van der Waals surface area contributed by atoms with Crippen LogP contribution in [0.2, 0.25) is 0 Å². The summed E-state index contributed by atoms with van der Waals surface area (Å²) in [7, 11) is 0. The van der Waals surface area contributed by atoms with Crippen LogP contribution in [-0.4, -0.2) is 72.9 Å². The maximum Gasteiger partial charge on any atom is 0.309 e. The molecule has 0 amide bonds. The average molecular weight is 348 g/mol. The number of aliphatic hydroxyl groups is 1. The predicted octanol–water partition coefficient (Wildman–Crippen LogP) is -0.243. The SMILES string of the molecule is O=C(O)C1CC(C(=O)O)CC(C(=O)OCCOCCOCCO)C1. The second kappa shape index (κ2) is 11.0. The van der Waals surface area contributed by atoms with Crippen molar-refractivity contribution in [3.8, 4) is 0 Å². The van der Waals surface area contributed by atoms with Crippen molar-refractivity contribution in [2.75, 3.05) is 39.6 Å². The van der Waals surface area contributed by atoms with Crippen LogP contribution >= 0.6 is 0 Å². The molecule has 1 aliphatic rings. The van der Waals surface area contributed by atoms with Gasteiger partial charge in [0.05, 0.1) is 50.8 Å². The molecule has 0 heterocycles. The van der Waals surface area contributed by atoms with Crippen LogP contribution in [-0.2, 0) is 28.6 Å². The lowest BCUT2D eigenvalue weighted by Crippen LogP contribution is -2.36. The van der Waals surface area contributed by atoms with Crippen molar-refractivity contribution in [2.24, 2.45) is 17.8 Å². The molecule has 1 aliphatic carbocycles. The lowest BCUT2D eigenvalue weighted by atomic mass is 9.75. The molecule has 2 unspecified atom stereocenters. The number of esters is 1. The molecule has 0 aliphatic heterocycles. The molecule has 1 saturated carbocycles. The van der Waals surface area contributed by atoms with Gasteiger partial charge in [-0.1, -0.05) is 0 Å². The lowest BCUT2D eigenvalue weighted by Gasteiger charge is -2.29. The highest BCUT2D eigenvalue weighted by Crippen LogP contribution is 2.34. The molecule has 0 bridgehead atoms. The van der Waals surface area contributed by atoms with Gasteiger partial charge < -0.3 is 29.5 Å². The van der Waals surface area contributed by atoms with Gasteiger partial charge in [-0.3, -0.25) is 14.4 Å². The Morgan fingerprint density at radius 2 is 1.21 bits per heavy atom. The Hall–Kier alpha value is -1.71. The Balaban J connectivity index is 2.29. The number of carboxylic acid groups (broad SMARTS) is 2. The van der Waals surface area contributed by atoms with Crippen LogP contribution in [0.1, 0.15) is 19.3 Å². The van der Waals surface area contributed by atoms with E-state index in [0.717, 1.165) is 0 Å². The van der Waals surface area contributed by atoms with E-state index in [9.17, 15) is 14.4 Å². The van der Waals surface area contributed by atoms with E-state index in [4.69, 9.17) is 29.5 Å². The smallest absolute Gasteiger partial charge is 0.309 e. The Labute approximate surface area is 139 Å². The van der Waals surface area contributed by atoms with Crippen LogP contribution in [0.25, 0.3) is 0 Å². The minimum atomic E-state index is -1.09. The van der Waals surface area contributed by atoms with E-state index in [1.807, 2.05) is 0 Å². The van der Waals surface area contributed by atoms with E-state index in [-0.39, 0.29) is 45.7 Å². The van der Waals surface area contributed by atoms with E-state index in [2.05, 4.69) is 0 Å². The van der Waals surface area contributed by atoms with Crippen molar-refractivity contribution in [1.82, 2.24) is 0 Å². The second-order valence-corrected chi connectivity index (χ2v) is 5.59. The third-order valence-electron chi connectivity index (χ3n) is 3.82. The summed E-state index contributed by atoms with van der Waals surface area (Å²) in [6.07, 6.45) is 0.215. The highest BCUT2D eigenvalue weighted by Gasteiger charge is 2.39. The summed E-state index contributed by atoms with van der Waals surface area (Å²) in [6, 6.07) is 0. The van der Waals surface area contributed by atoms with Gasteiger partial charge in [0.25, 0.3) is 0 Å². The van der Waals surface area contributed by atoms with Crippen molar-refractivity contribution in [3.63, 3.8) is 0 Å². The van der Waals surface area contributed by atoms with E-state index >= 15 is 0 Å². The number of aliphatic hydroxyl groups excluding tert-OH is 1. The Morgan fingerprint density at radius 1 is 0.750 bits per heavy atom. The molecule has 0 aromatic rings. The largest absolute Gasteiger partial charge is 0.481 e. The number of carboxylic acids is 2. The molecule has 2 atom stereocenters. The molecular weight excluding hydrogens is 324 g/mol. The standard InChI is InChI=1S/C15H24O9/c16-1-2-22-3-4-23-5-6-24-15(21)12-8-10(13(17)18)7-11(9-12)14(19)20/h10-12,16H,1-9H2,(H,17,18)(H,19,20). The van der Waals surface area contributed by atoms with E-state index in [1.165, 1.54) is 0 Å². The van der Waals surface area contributed by atoms with Gasteiger partial charge in [0.2, 0.25) is 0 Å². The quantitative estimate of drug-likeness (QED) is 0.341. The molecule has 1 rings (SSSR count). The molecule has 9 nitrogen and oxygen atoms in total. The average Bonchev–Trinajstić information content (AvgIpc) is 2.56. The highest BCUT2D eigenvalue weighted by atomic mass is 16.6. The van der Waals surface area contributed by atoms with Crippen molar-refractivity contribution in [2.45, 2.75) is 19.3 Å². The first-order valence-electron chi connectivity index (χ1n) is 7.84. The van der Waals surface area contributed by atoms with Crippen molar-refractivity contribution in [1.29, 1.82) is 0 Å². The number of carbonyl (C=O) groups is 3. The molecule has 0 saturated heterocycles. The number of hydrogen-bond acceptors (Lipinski definition) is 7. The molecule has 0 aromatic heterocycles. The molecule has 138 valence electrons. The number of ether oxygens (including phenoxy) is 3. The van der Waals surface area contributed by atoms with Gasteiger partial charge in [0.1, 0.15) is 6.61 Å². The molecular formula is C15H24O9. The molecule has 1 fully saturated rings. The van der Waals surface area contributed by atoms with Crippen molar-refractivity contribution in [3.05, 3.63) is 0 Å². The van der Waals surface area contributed by atoms with Gasteiger partial charge in [-0.25, -0.2) is 0 Å². The van der Waals surface area contributed by atoms with Gasteiger partial charge in [-0.05, 0) is 19.3 Å². The minimum Gasteiger partial charge on any atom is -0.481 e. The Kier molecular flexibility index (Phi) is 9.28. The summed E-state index contributed by atoms with van der Waals surface area (Å²) in [5.74, 6) is -5.20. The first-order chi connectivity index (χ1) is 11.5. The summed E-state index contributed by atoms with van der Waals surface area (Å²) in [4.78, 5) is 34.2. The third-order valence-corrected chi connectivity index (χ3v) is 3.82. The monoisotopic (exact) mass is 348 g/mol. The van der Waals surface area contributed by atoms with Gasteiger partial charge in [0, 0.05) is 0 Å². The zero-order chi connectivity index (χ0) is 17.9. The molecule has 3 N–H and O–H groups in total. The highest BCUT2D eigenvalue weighted by molar-refractivity contribution is 5.79. The van der Waals surface area contributed by atoms with Gasteiger partial charge in [-0.15, -0.1) is 0 Å².